The van der Waals surface area contributed by atoms with Crippen molar-refractivity contribution in [1.82, 2.24) is 0 Å². The van der Waals surface area contributed by atoms with Crippen molar-refractivity contribution in [3.63, 3.8) is 0 Å². The Morgan fingerprint density at radius 2 is 1.26 bits per heavy atom. The summed E-state index contributed by atoms with van der Waals surface area (Å²) in [5.41, 5.74) is 4.45. The number of ether oxygens (including phenoxy) is 4. The van der Waals surface area contributed by atoms with Gasteiger partial charge in [-0.05, 0) is 30.5 Å². The highest BCUT2D eigenvalue weighted by Crippen LogP contribution is 2.27. The molecule has 6 heteroatoms. The van der Waals surface area contributed by atoms with Gasteiger partial charge in [0.2, 0.25) is 0 Å². The van der Waals surface area contributed by atoms with E-state index in [2.05, 4.69) is 48.5 Å². The summed E-state index contributed by atoms with van der Waals surface area (Å²) >= 11 is 0. The zero-order chi connectivity index (χ0) is 22.2. The number of oxime groups is 1. The molecule has 5 atom stereocenters. The molecule has 2 aromatic rings. The van der Waals surface area contributed by atoms with Crippen molar-refractivity contribution in [1.29, 1.82) is 0 Å². The van der Waals surface area contributed by atoms with Crippen molar-refractivity contribution in [3.8, 4) is 0 Å². The molecule has 1 aliphatic rings. The zero-order valence-electron chi connectivity index (χ0n) is 18.7. The molecule has 0 unspecified atom stereocenters. The predicted octanol–water partition coefficient (Wildman–Crippen LogP) is 4.31. The van der Waals surface area contributed by atoms with E-state index in [1.807, 2.05) is 31.2 Å². The highest BCUT2D eigenvalue weighted by Gasteiger charge is 2.46. The van der Waals surface area contributed by atoms with Crippen LogP contribution in [0.3, 0.4) is 0 Å². The Hall–Kier alpha value is -2.51. The fourth-order valence-corrected chi connectivity index (χ4v) is 3.61. The number of nitrogens with zero attached hydrogens (tertiary/aromatic N) is 1. The molecule has 3 rings (SSSR count). The maximum atomic E-state index is 5.89. The summed E-state index contributed by atoms with van der Waals surface area (Å²) in [7, 11) is 4.84. The molecular formula is C25H31NO5. The standard InChI is InChI=1S/C25H31NO5/c1-17-6-8-19(9-7-17)10-11-20-12-14-21(15-13-20)16-26-31-25-24(29-5)23(28-4)22(27-3)18(2)30-25/h6-16,18,22-25H,1-5H3/b11-10+,26-16-/t18-,22-,23+,24+,25-/m0/s1. The molecule has 0 spiro atoms. The van der Waals surface area contributed by atoms with Crippen LogP contribution in [0, 0.1) is 6.92 Å². The van der Waals surface area contributed by atoms with Gasteiger partial charge in [0.25, 0.3) is 6.29 Å². The molecule has 0 amide bonds. The fourth-order valence-electron chi connectivity index (χ4n) is 3.61. The lowest BCUT2D eigenvalue weighted by molar-refractivity contribution is -0.305. The Morgan fingerprint density at radius 1 is 0.742 bits per heavy atom. The Labute approximate surface area is 184 Å². The van der Waals surface area contributed by atoms with Crippen LogP contribution in [-0.2, 0) is 23.8 Å². The van der Waals surface area contributed by atoms with Gasteiger partial charge in [0, 0.05) is 21.3 Å². The number of aryl methyl sites for hydroxylation is 1. The molecule has 1 heterocycles. The second kappa shape index (κ2) is 11.2. The number of methoxy groups -OCH3 is 3. The van der Waals surface area contributed by atoms with Crippen molar-refractivity contribution in [3.05, 3.63) is 70.8 Å². The van der Waals surface area contributed by atoms with Gasteiger partial charge in [-0.3, -0.25) is 0 Å². The average Bonchev–Trinajstić information content (AvgIpc) is 2.79. The van der Waals surface area contributed by atoms with E-state index >= 15 is 0 Å². The van der Waals surface area contributed by atoms with Gasteiger partial charge in [-0.15, -0.1) is 0 Å². The molecule has 0 aromatic heterocycles. The molecule has 1 aliphatic heterocycles. The molecule has 166 valence electrons. The maximum absolute atomic E-state index is 5.89. The smallest absolute Gasteiger partial charge is 0.256 e. The minimum atomic E-state index is -0.690. The Bertz CT molecular complexity index is 862. The first-order valence-electron chi connectivity index (χ1n) is 10.3. The molecule has 2 aromatic carbocycles. The molecule has 1 saturated heterocycles. The monoisotopic (exact) mass is 425 g/mol. The van der Waals surface area contributed by atoms with Crippen LogP contribution in [0.15, 0.2) is 53.7 Å². The SMILES string of the molecule is CO[C@@H]1[C@@H](OC)[C@H](C)O[C@@H](O/N=C\c2ccc(/C=C/c3ccc(C)cc3)cc2)[C@@H]1OC. The van der Waals surface area contributed by atoms with Gasteiger partial charge in [-0.25, -0.2) is 0 Å². The van der Waals surface area contributed by atoms with Gasteiger partial charge in [0.1, 0.15) is 12.2 Å². The molecule has 31 heavy (non-hydrogen) atoms. The van der Waals surface area contributed by atoms with Gasteiger partial charge in [0.15, 0.2) is 6.10 Å². The number of benzene rings is 2. The molecule has 0 saturated carbocycles. The largest absolute Gasteiger partial charge is 0.376 e. The quantitative estimate of drug-likeness (QED) is 0.358. The lowest BCUT2D eigenvalue weighted by Crippen LogP contribution is -2.59. The van der Waals surface area contributed by atoms with Crippen LogP contribution in [-0.4, -0.2) is 58.2 Å². The van der Waals surface area contributed by atoms with Crippen LogP contribution in [0.25, 0.3) is 12.2 Å². The summed E-state index contributed by atoms with van der Waals surface area (Å²) in [4.78, 5) is 5.60. The zero-order valence-corrected chi connectivity index (χ0v) is 18.7. The van der Waals surface area contributed by atoms with E-state index in [0.29, 0.717) is 0 Å². The summed E-state index contributed by atoms with van der Waals surface area (Å²) in [5, 5.41) is 4.10. The first kappa shape index (κ1) is 23.2. The molecule has 1 fully saturated rings. The van der Waals surface area contributed by atoms with Crippen LogP contribution in [0.1, 0.15) is 29.2 Å². The summed E-state index contributed by atoms with van der Waals surface area (Å²) in [6, 6.07) is 16.5. The third-order valence-corrected chi connectivity index (χ3v) is 5.39. The minimum Gasteiger partial charge on any atom is -0.376 e. The second-order valence-corrected chi connectivity index (χ2v) is 7.56. The van der Waals surface area contributed by atoms with Crippen LogP contribution in [0.5, 0.6) is 0 Å². The second-order valence-electron chi connectivity index (χ2n) is 7.56. The summed E-state index contributed by atoms with van der Waals surface area (Å²) < 4.78 is 22.5. The summed E-state index contributed by atoms with van der Waals surface area (Å²) in [6.45, 7) is 4.00. The topological polar surface area (TPSA) is 58.5 Å². The van der Waals surface area contributed by atoms with Crippen molar-refractivity contribution in [2.24, 2.45) is 5.16 Å². The maximum Gasteiger partial charge on any atom is 0.256 e. The van der Waals surface area contributed by atoms with Gasteiger partial charge >= 0.3 is 0 Å². The van der Waals surface area contributed by atoms with Gasteiger partial charge in [-0.1, -0.05) is 71.4 Å². The van der Waals surface area contributed by atoms with E-state index in [1.165, 1.54) is 11.1 Å². The lowest BCUT2D eigenvalue weighted by Gasteiger charge is -2.42. The number of hydrogen-bond acceptors (Lipinski definition) is 6. The molecule has 0 bridgehead atoms. The normalized spacial score (nSPS) is 26.5. The fraction of sp³-hybridized carbons (Fsp3) is 0.400. The predicted molar refractivity (Wildman–Crippen MR) is 122 cm³/mol. The van der Waals surface area contributed by atoms with E-state index in [-0.39, 0.29) is 18.3 Å². The Balaban J connectivity index is 1.59. The van der Waals surface area contributed by atoms with Crippen molar-refractivity contribution in [2.75, 3.05) is 21.3 Å². The minimum absolute atomic E-state index is 0.221. The summed E-state index contributed by atoms with van der Waals surface area (Å²) in [6.07, 6.45) is 3.89. The Kier molecular flexibility index (Phi) is 8.37. The van der Waals surface area contributed by atoms with Crippen molar-refractivity contribution in [2.45, 2.75) is 44.6 Å². The van der Waals surface area contributed by atoms with Crippen molar-refractivity contribution >= 4 is 18.4 Å². The van der Waals surface area contributed by atoms with E-state index in [1.54, 1.807) is 27.5 Å². The Morgan fingerprint density at radius 3 is 1.81 bits per heavy atom. The molecule has 0 aliphatic carbocycles. The van der Waals surface area contributed by atoms with Crippen LogP contribution in [0.2, 0.25) is 0 Å². The molecule has 0 N–H and O–H groups in total. The first-order chi connectivity index (χ1) is 15.0. The lowest BCUT2D eigenvalue weighted by atomic mass is 9.99. The third-order valence-electron chi connectivity index (χ3n) is 5.39. The van der Waals surface area contributed by atoms with Crippen LogP contribution in [0.4, 0.5) is 0 Å². The van der Waals surface area contributed by atoms with Gasteiger partial charge in [-0.2, -0.15) is 0 Å². The highest BCUT2D eigenvalue weighted by molar-refractivity contribution is 5.80. The third kappa shape index (κ3) is 6.02. The van der Waals surface area contributed by atoms with E-state index < -0.39 is 12.4 Å². The highest BCUT2D eigenvalue weighted by atomic mass is 16.8. The van der Waals surface area contributed by atoms with Gasteiger partial charge in [0.05, 0.1) is 12.3 Å². The van der Waals surface area contributed by atoms with E-state index in [0.717, 1.165) is 11.1 Å². The van der Waals surface area contributed by atoms with Crippen LogP contribution < -0.4 is 0 Å². The van der Waals surface area contributed by atoms with Crippen molar-refractivity contribution < 1.29 is 23.8 Å². The number of hydrogen-bond donors (Lipinski definition) is 0. The average molecular weight is 426 g/mol. The first-order valence-corrected chi connectivity index (χ1v) is 10.3. The van der Waals surface area contributed by atoms with E-state index in [9.17, 15) is 0 Å². The molecule has 6 nitrogen and oxygen atoms in total. The molecule has 0 radical (unpaired) electrons. The van der Waals surface area contributed by atoms with Crippen LogP contribution >= 0.6 is 0 Å². The van der Waals surface area contributed by atoms with Gasteiger partial charge < -0.3 is 23.8 Å². The number of rotatable bonds is 8. The summed E-state index contributed by atoms with van der Waals surface area (Å²) in [5.74, 6) is 0. The molecular weight excluding hydrogens is 394 g/mol. The van der Waals surface area contributed by atoms with E-state index in [4.69, 9.17) is 23.8 Å².